The summed E-state index contributed by atoms with van der Waals surface area (Å²) in [6.45, 7) is 4.60. The van der Waals surface area contributed by atoms with E-state index < -0.39 is 0 Å². The average Bonchev–Trinajstić information content (AvgIpc) is 3.12. The Morgan fingerprint density at radius 1 is 1.04 bits per heavy atom. The van der Waals surface area contributed by atoms with Gasteiger partial charge >= 0.3 is 0 Å². The van der Waals surface area contributed by atoms with Crippen molar-refractivity contribution in [2.75, 3.05) is 26.2 Å². The van der Waals surface area contributed by atoms with Gasteiger partial charge in [-0.2, -0.15) is 0 Å². The van der Waals surface area contributed by atoms with Crippen LogP contribution in [0.5, 0.6) is 0 Å². The van der Waals surface area contributed by atoms with Crippen LogP contribution in [-0.4, -0.2) is 57.0 Å². The van der Waals surface area contributed by atoms with Crippen LogP contribution in [0.1, 0.15) is 37.3 Å². The number of para-hydroxylation sites is 1. The van der Waals surface area contributed by atoms with Crippen molar-refractivity contribution in [2.45, 2.75) is 44.8 Å². The molecule has 26 heavy (non-hydrogen) atoms. The minimum Gasteiger partial charge on any atom is -0.388 e. The van der Waals surface area contributed by atoms with Crippen molar-refractivity contribution in [3.8, 4) is 5.69 Å². The van der Waals surface area contributed by atoms with Gasteiger partial charge in [-0.3, -0.25) is 9.47 Å². The second-order valence-corrected chi connectivity index (χ2v) is 7.55. The maximum Gasteiger partial charge on any atom is 0.163 e. The minimum atomic E-state index is -0.0883. The number of rotatable bonds is 5. The second kappa shape index (κ2) is 8.29. The van der Waals surface area contributed by atoms with Crippen LogP contribution in [0.3, 0.4) is 0 Å². The highest BCUT2D eigenvalue weighted by molar-refractivity contribution is 5.34. The third-order valence-corrected chi connectivity index (χ3v) is 5.86. The zero-order valence-electron chi connectivity index (χ0n) is 15.3. The van der Waals surface area contributed by atoms with Gasteiger partial charge < -0.3 is 10.4 Å². The van der Waals surface area contributed by atoms with Crippen molar-refractivity contribution < 1.29 is 5.11 Å². The van der Waals surface area contributed by atoms with E-state index in [9.17, 15) is 5.11 Å². The molecule has 140 valence electrons. The molecular formula is C20H29N5O. The number of hydrogen-bond acceptors (Lipinski definition) is 5. The molecule has 2 aromatic rings. The van der Waals surface area contributed by atoms with Gasteiger partial charge in [-0.1, -0.05) is 18.2 Å². The highest BCUT2D eigenvalue weighted by atomic mass is 16.3. The Bertz CT molecular complexity index is 687. The number of aliphatic hydroxyl groups excluding tert-OH is 1. The molecule has 0 spiro atoms. The zero-order chi connectivity index (χ0) is 17.8. The average molecular weight is 355 g/mol. The van der Waals surface area contributed by atoms with Gasteiger partial charge in [0, 0.05) is 24.7 Å². The smallest absolute Gasteiger partial charge is 0.163 e. The fourth-order valence-electron chi connectivity index (χ4n) is 4.39. The Balaban J connectivity index is 1.42. The Morgan fingerprint density at radius 3 is 2.50 bits per heavy atom. The third-order valence-electron chi connectivity index (χ3n) is 5.86. The molecule has 2 aliphatic rings. The molecule has 6 nitrogen and oxygen atoms in total. The molecule has 4 rings (SSSR count). The maximum atomic E-state index is 9.64. The molecule has 0 saturated carbocycles. The lowest BCUT2D eigenvalue weighted by Crippen LogP contribution is -2.49. The predicted octanol–water partition coefficient (Wildman–Crippen LogP) is 1.77. The predicted molar refractivity (Wildman–Crippen MR) is 101 cm³/mol. The maximum absolute atomic E-state index is 9.64. The van der Waals surface area contributed by atoms with Crippen molar-refractivity contribution in [3.63, 3.8) is 0 Å². The number of likely N-dealkylation sites (tertiary alicyclic amines) is 1. The molecule has 0 bridgehead atoms. The number of aliphatic hydroxyl groups is 1. The van der Waals surface area contributed by atoms with Crippen LogP contribution in [0.25, 0.3) is 5.69 Å². The van der Waals surface area contributed by atoms with Crippen LogP contribution in [0.4, 0.5) is 0 Å². The van der Waals surface area contributed by atoms with Crippen LogP contribution < -0.4 is 5.32 Å². The van der Waals surface area contributed by atoms with Crippen LogP contribution in [0, 0.1) is 5.92 Å². The minimum absolute atomic E-state index is 0.0883. The third kappa shape index (κ3) is 3.82. The lowest BCUT2D eigenvalue weighted by Gasteiger charge is -2.39. The molecule has 2 N–H and O–H groups in total. The van der Waals surface area contributed by atoms with Gasteiger partial charge in [-0.25, -0.2) is 0 Å². The molecule has 1 aromatic heterocycles. The van der Waals surface area contributed by atoms with E-state index in [0.29, 0.717) is 11.7 Å². The largest absolute Gasteiger partial charge is 0.388 e. The summed E-state index contributed by atoms with van der Waals surface area (Å²) in [7, 11) is 0. The summed E-state index contributed by atoms with van der Waals surface area (Å²) in [6.07, 6.45) is 5.99. The summed E-state index contributed by atoms with van der Waals surface area (Å²) in [5.74, 6) is 2.23. The standard InChI is InChI=1S/C20H29N5O/c26-15-20-23-22-19(25(20)17-5-2-1-3-6-17)13-16-8-11-24(12-9-16)18-7-4-10-21-14-18/h1-3,5-6,16,18,21,26H,4,7-15H2. The molecule has 1 atom stereocenters. The number of aromatic nitrogens is 3. The Kier molecular flexibility index (Phi) is 5.62. The number of nitrogens with zero attached hydrogens (tertiary/aromatic N) is 4. The molecule has 0 radical (unpaired) electrons. The monoisotopic (exact) mass is 355 g/mol. The van der Waals surface area contributed by atoms with Gasteiger partial charge in [0.1, 0.15) is 12.4 Å². The first-order valence-corrected chi connectivity index (χ1v) is 9.89. The van der Waals surface area contributed by atoms with Gasteiger partial charge in [0.2, 0.25) is 0 Å². The van der Waals surface area contributed by atoms with E-state index in [1.54, 1.807) is 0 Å². The summed E-state index contributed by atoms with van der Waals surface area (Å²) in [4.78, 5) is 2.67. The summed E-state index contributed by atoms with van der Waals surface area (Å²) in [5.41, 5.74) is 1.03. The highest BCUT2D eigenvalue weighted by Gasteiger charge is 2.27. The molecule has 1 unspecified atom stereocenters. The first kappa shape index (κ1) is 17.6. The van der Waals surface area contributed by atoms with Gasteiger partial charge in [0.25, 0.3) is 0 Å². The van der Waals surface area contributed by atoms with Gasteiger partial charge in [0.15, 0.2) is 5.82 Å². The molecule has 1 aromatic carbocycles. The van der Waals surface area contributed by atoms with E-state index in [2.05, 4.69) is 20.4 Å². The molecule has 3 heterocycles. The Morgan fingerprint density at radius 2 is 1.81 bits per heavy atom. The topological polar surface area (TPSA) is 66.2 Å². The molecule has 2 saturated heterocycles. The normalized spacial score (nSPS) is 22.6. The molecule has 6 heteroatoms. The Labute approximate surface area is 155 Å². The van der Waals surface area contributed by atoms with Gasteiger partial charge in [0.05, 0.1) is 0 Å². The van der Waals surface area contributed by atoms with Crippen LogP contribution in [0.15, 0.2) is 30.3 Å². The summed E-state index contributed by atoms with van der Waals surface area (Å²) in [6, 6.07) is 10.8. The summed E-state index contributed by atoms with van der Waals surface area (Å²) in [5, 5.41) is 21.8. The van der Waals surface area contributed by atoms with Crippen LogP contribution >= 0.6 is 0 Å². The second-order valence-electron chi connectivity index (χ2n) is 7.55. The number of hydrogen-bond donors (Lipinski definition) is 2. The lowest BCUT2D eigenvalue weighted by atomic mass is 9.91. The first-order chi connectivity index (χ1) is 12.8. The van der Waals surface area contributed by atoms with E-state index in [0.717, 1.165) is 30.5 Å². The summed E-state index contributed by atoms with van der Waals surface area (Å²) < 4.78 is 2.03. The number of nitrogens with one attached hydrogen (secondary N) is 1. The van der Waals surface area contributed by atoms with Crippen molar-refractivity contribution in [1.82, 2.24) is 25.0 Å². The molecular weight excluding hydrogens is 326 g/mol. The molecule has 2 fully saturated rings. The number of benzene rings is 1. The summed E-state index contributed by atoms with van der Waals surface area (Å²) >= 11 is 0. The number of piperidine rings is 2. The highest BCUT2D eigenvalue weighted by Crippen LogP contribution is 2.25. The Hall–Kier alpha value is -1.76. The van der Waals surface area contributed by atoms with E-state index in [-0.39, 0.29) is 6.61 Å². The fourth-order valence-corrected chi connectivity index (χ4v) is 4.39. The zero-order valence-corrected chi connectivity index (χ0v) is 15.3. The van der Waals surface area contributed by atoms with Crippen LogP contribution in [-0.2, 0) is 13.0 Å². The first-order valence-electron chi connectivity index (χ1n) is 9.89. The van der Waals surface area contributed by atoms with Crippen molar-refractivity contribution >= 4 is 0 Å². The fraction of sp³-hybridized carbons (Fsp3) is 0.600. The molecule has 0 aliphatic carbocycles. The van der Waals surface area contributed by atoms with Gasteiger partial charge in [-0.05, 0) is 63.4 Å². The lowest BCUT2D eigenvalue weighted by molar-refractivity contribution is 0.113. The van der Waals surface area contributed by atoms with Crippen LogP contribution in [0.2, 0.25) is 0 Å². The van der Waals surface area contributed by atoms with E-state index in [4.69, 9.17) is 0 Å². The van der Waals surface area contributed by atoms with Crippen molar-refractivity contribution in [3.05, 3.63) is 42.0 Å². The SMILES string of the molecule is OCc1nnc(CC2CCN(C3CCCNC3)CC2)n1-c1ccccc1. The quantitative estimate of drug-likeness (QED) is 0.856. The van der Waals surface area contributed by atoms with Gasteiger partial charge in [-0.15, -0.1) is 10.2 Å². The van der Waals surface area contributed by atoms with E-state index in [1.807, 2.05) is 34.9 Å². The van der Waals surface area contributed by atoms with Crippen molar-refractivity contribution in [1.29, 1.82) is 0 Å². The van der Waals surface area contributed by atoms with Crippen molar-refractivity contribution in [2.24, 2.45) is 5.92 Å². The van der Waals surface area contributed by atoms with E-state index >= 15 is 0 Å². The van der Waals surface area contributed by atoms with E-state index in [1.165, 1.54) is 45.3 Å². The molecule has 0 amide bonds. The molecule has 2 aliphatic heterocycles.